The molecule has 2 heteroatoms. The Morgan fingerprint density at radius 1 is 1.13 bits per heavy atom. The predicted molar refractivity (Wildman–Crippen MR) is 64.9 cm³/mol. The lowest BCUT2D eigenvalue weighted by Crippen LogP contribution is -2.63. The fraction of sp³-hybridized carbons (Fsp3) is 1.00. The summed E-state index contributed by atoms with van der Waals surface area (Å²) in [7, 11) is 0. The number of hydrogen-bond acceptors (Lipinski definition) is 2. The molecule has 1 aliphatic heterocycles. The highest BCUT2D eigenvalue weighted by Crippen LogP contribution is 2.39. The summed E-state index contributed by atoms with van der Waals surface area (Å²) in [6.45, 7) is 13.9. The van der Waals surface area contributed by atoms with Crippen LogP contribution in [-0.2, 0) is 0 Å². The minimum absolute atomic E-state index is 0.0573. The normalized spacial score (nSPS) is 20.4. The molecule has 1 fully saturated rings. The van der Waals surface area contributed by atoms with Crippen LogP contribution in [-0.4, -0.2) is 35.2 Å². The number of likely N-dealkylation sites (tertiary alicyclic amines) is 1. The summed E-state index contributed by atoms with van der Waals surface area (Å²) in [6, 6.07) is 0. The van der Waals surface area contributed by atoms with Gasteiger partial charge in [-0.1, -0.05) is 34.6 Å². The first-order valence-corrected chi connectivity index (χ1v) is 6.25. The highest BCUT2D eigenvalue weighted by molar-refractivity contribution is 4.98. The van der Waals surface area contributed by atoms with Gasteiger partial charge in [-0.25, -0.2) is 0 Å². The van der Waals surface area contributed by atoms with E-state index in [-0.39, 0.29) is 5.54 Å². The maximum atomic E-state index is 9.56. The van der Waals surface area contributed by atoms with Gasteiger partial charge in [-0.05, 0) is 24.2 Å². The third kappa shape index (κ3) is 2.36. The van der Waals surface area contributed by atoms with E-state index in [4.69, 9.17) is 0 Å². The summed E-state index contributed by atoms with van der Waals surface area (Å²) in [5.74, 6) is 0.793. The van der Waals surface area contributed by atoms with E-state index in [1.807, 2.05) is 0 Å². The van der Waals surface area contributed by atoms with Crippen molar-refractivity contribution < 1.29 is 5.11 Å². The van der Waals surface area contributed by atoms with Gasteiger partial charge < -0.3 is 5.11 Å². The first-order chi connectivity index (χ1) is 6.89. The topological polar surface area (TPSA) is 23.5 Å². The molecule has 0 bridgehead atoms. The Balaban J connectivity index is 2.56. The van der Waals surface area contributed by atoms with Crippen LogP contribution in [0, 0.1) is 11.3 Å². The van der Waals surface area contributed by atoms with E-state index >= 15 is 0 Å². The maximum absolute atomic E-state index is 9.56. The van der Waals surface area contributed by atoms with E-state index in [1.54, 1.807) is 0 Å². The summed E-state index contributed by atoms with van der Waals surface area (Å²) < 4.78 is 0. The zero-order valence-electron chi connectivity index (χ0n) is 11.0. The molecule has 0 aromatic heterocycles. The maximum Gasteiger partial charge on any atom is 0.0615 e. The van der Waals surface area contributed by atoms with Crippen LogP contribution in [0.25, 0.3) is 0 Å². The molecule has 1 heterocycles. The molecule has 0 aromatic carbocycles. The van der Waals surface area contributed by atoms with Gasteiger partial charge in [0.05, 0.1) is 6.61 Å². The lowest BCUT2D eigenvalue weighted by atomic mass is 9.73. The van der Waals surface area contributed by atoms with Gasteiger partial charge in [-0.15, -0.1) is 0 Å². The summed E-state index contributed by atoms with van der Waals surface area (Å²) in [4.78, 5) is 2.48. The second kappa shape index (κ2) is 4.42. The van der Waals surface area contributed by atoms with E-state index in [0.29, 0.717) is 12.0 Å². The van der Waals surface area contributed by atoms with Crippen LogP contribution in [0.3, 0.4) is 0 Å². The van der Waals surface area contributed by atoms with Crippen molar-refractivity contribution in [3.8, 4) is 0 Å². The first kappa shape index (κ1) is 13.0. The molecule has 0 spiro atoms. The Labute approximate surface area is 94.7 Å². The molecular weight excluding hydrogens is 186 g/mol. The number of nitrogens with zero attached hydrogens (tertiary/aromatic N) is 1. The van der Waals surface area contributed by atoms with Gasteiger partial charge in [0.25, 0.3) is 0 Å². The summed E-state index contributed by atoms with van der Waals surface area (Å²) in [6.07, 6.45) is 2.10. The van der Waals surface area contributed by atoms with Gasteiger partial charge in [0.2, 0.25) is 0 Å². The second-order valence-electron chi connectivity index (χ2n) is 6.06. The van der Waals surface area contributed by atoms with E-state index in [0.717, 1.165) is 31.8 Å². The number of aliphatic hydroxyl groups excluding tert-OH is 1. The zero-order chi connectivity index (χ0) is 11.7. The third-order valence-electron chi connectivity index (χ3n) is 4.39. The molecule has 1 aliphatic rings. The van der Waals surface area contributed by atoms with E-state index in [1.165, 1.54) is 0 Å². The molecule has 90 valence electrons. The average Bonchev–Trinajstić information content (AvgIpc) is 2.08. The average molecular weight is 213 g/mol. The molecule has 0 atom stereocenters. The van der Waals surface area contributed by atoms with Crippen molar-refractivity contribution in [1.82, 2.24) is 4.90 Å². The molecule has 0 radical (unpaired) electrons. The lowest BCUT2D eigenvalue weighted by molar-refractivity contribution is -0.0816. The Morgan fingerprint density at radius 2 is 1.60 bits per heavy atom. The van der Waals surface area contributed by atoms with Crippen LogP contribution in [0.1, 0.15) is 47.5 Å². The Kier molecular flexibility index (Phi) is 3.83. The Bertz CT molecular complexity index is 189. The smallest absolute Gasteiger partial charge is 0.0615 e. The van der Waals surface area contributed by atoms with Crippen LogP contribution in [0.4, 0.5) is 0 Å². The van der Waals surface area contributed by atoms with Gasteiger partial charge in [-0.2, -0.15) is 0 Å². The Hall–Kier alpha value is -0.0800. The monoisotopic (exact) mass is 213 g/mol. The minimum Gasteiger partial charge on any atom is -0.394 e. The van der Waals surface area contributed by atoms with Gasteiger partial charge in [0.1, 0.15) is 0 Å². The fourth-order valence-corrected chi connectivity index (χ4v) is 2.43. The lowest BCUT2D eigenvalue weighted by Gasteiger charge is -2.55. The summed E-state index contributed by atoms with van der Waals surface area (Å²) in [5.41, 5.74) is 0.473. The Morgan fingerprint density at radius 3 is 1.87 bits per heavy atom. The molecule has 0 saturated carbocycles. The molecule has 1 saturated heterocycles. The van der Waals surface area contributed by atoms with Crippen molar-refractivity contribution in [2.75, 3.05) is 19.7 Å². The molecular formula is C13H27NO. The fourth-order valence-electron chi connectivity index (χ4n) is 2.43. The molecule has 0 aromatic rings. The number of aliphatic hydroxyl groups is 1. The summed E-state index contributed by atoms with van der Waals surface area (Å²) in [5, 5.41) is 9.56. The van der Waals surface area contributed by atoms with Crippen molar-refractivity contribution in [2.24, 2.45) is 11.3 Å². The van der Waals surface area contributed by atoms with Crippen molar-refractivity contribution in [1.29, 1.82) is 0 Å². The largest absolute Gasteiger partial charge is 0.394 e. The van der Waals surface area contributed by atoms with Gasteiger partial charge in [0, 0.05) is 18.6 Å². The van der Waals surface area contributed by atoms with E-state index < -0.39 is 0 Å². The van der Waals surface area contributed by atoms with Gasteiger partial charge in [0.15, 0.2) is 0 Å². The van der Waals surface area contributed by atoms with E-state index in [9.17, 15) is 5.11 Å². The van der Waals surface area contributed by atoms with Crippen LogP contribution in [0.2, 0.25) is 0 Å². The van der Waals surface area contributed by atoms with Crippen LogP contribution in [0.5, 0.6) is 0 Å². The summed E-state index contributed by atoms with van der Waals surface area (Å²) >= 11 is 0. The molecule has 15 heavy (non-hydrogen) atoms. The SMILES string of the molecule is CCC(CC)(CO)N1CC(C(C)(C)C)C1. The quantitative estimate of drug-likeness (QED) is 0.775. The zero-order valence-corrected chi connectivity index (χ0v) is 11.0. The third-order valence-corrected chi connectivity index (χ3v) is 4.39. The second-order valence-corrected chi connectivity index (χ2v) is 6.06. The molecule has 0 aliphatic carbocycles. The van der Waals surface area contributed by atoms with Crippen LogP contribution >= 0.6 is 0 Å². The first-order valence-electron chi connectivity index (χ1n) is 6.25. The molecule has 0 unspecified atom stereocenters. The minimum atomic E-state index is 0.0573. The van der Waals surface area contributed by atoms with Gasteiger partial charge >= 0.3 is 0 Å². The highest BCUT2D eigenvalue weighted by atomic mass is 16.3. The van der Waals surface area contributed by atoms with Crippen molar-refractivity contribution in [3.63, 3.8) is 0 Å². The number of rotatable bonds is 4. The predicted octanol–water partition coefficient (Wildman–Crippen LogP) is 2.52. The van der Waals surface area contributed by atoms with Crippen LogP contribution in [0.15, 0.2) is 0 Å². The van der Waals surface area contributed by atoms with Crippen molar-refractivity contribution in [3.05, 3.63) is 0 Å². The number of hydrogen-bond donors (Lipinski definition) is 1. The van der Waals surface area contributed by atoms with E-state index in [2.05, 4.69) is 39.5 Å². The highest BCUT2D eigenvalue weighted by Gasteiger charge is 2.44. The molecule has 1 rings (SSSR count). The molecule has 1 N–H and O–H groups in total. The molecule has 0 amide bonds. The van der Waals surface area contributed by atoms with Crippen molar-refractivity contribution >= 4 is 0 Å². The van der Waals surface area contributed by atoms with Crippen molar-refractivity contribution in [2.45, 2.75) is 53.0 Å². The standard InChI is InChI=1S/C13H27NO/c1-6-13(7-2,10-15)14-8-11(9-14)12(3,4)5/h11,15H,6-10H2,1-5H3. The van der Waals surface area contributed by atoms with Crippen LogP contribution < -0.4 is 0 Å². The molecule has 2 nitrogen and oxygen atoms in total. The van der Waals surface area contributed by atoms with Gasteiger partial charge in [-0.3, -0.25) is 4.90 Å².